The molecule has 2 N–H and O–H groups in total. The molecule has 0 radical (unpaired) electrons. The summed E-state index contributed by atoms with van der Waals surface area (Å²) in [5.41, 5.74) is 2.04. The molecule has 0 fully saturated rings. The van der Waals surface area contributed by atoms with Crippen LogP contribution in [0.5, 0.6) is 11.5 Å². The summed E-state index contributed by atoms with van der Waals surface area (Å²) in [6.45, 7) is 0. The number of benzene rings is 2. The van der Waals surface area contributed by atoms with Gasteiger partial charge in [0, 0.05) is 0 Å². The topological polar surface area (TPSA) is 40.5 Å². The van der Waals surface area contributed by atoms with Crippen LogP contribution < -0.4 is 5.30 Å². The molecule has 0 saturated heterocycles. The molecule has 2 aromatic carbocycles. The Balaban J connectivity index is 2.49. The van der Waals surface area contributed by atoms with Crippen LogP contribution in [0.25, 0.3) is 11.1 Å². The summed E-state index contributed by atoms with van der Waals surface area (Å²) in [7, 11) is 2.58. The van der Waals surface area contributed by atoms with Gasteiger partial charge in [-0.15, -0.1) is 9.24 Å². The maximum Gasteiger partial charge on any atom is 0.116 e. The first-order valence-corrected chi connectivity index (χ1v) is 5.12. The van der Waals surface area contributed by atoms with Crippen LogP contribution in [0.1, 0.15) is 0 Å². The quantitative estimate of drug-likeness (QED) is 0.721. The molecule has 0 amide bonds. The molecule has 2 rings (SSSR count). The van der Waals surface area contributed by atoms with Crippen LogP contribution in [-0.2, 0) is 0 Å². The summed E-state index contributed by atoms with van der Waals surface area (Å²) in [4.78, 5) is 0. The van der Waals surface area contributed by atoms with Crippen molar-refractivity contribution in [1.29, 1.82) is 0 Å². The van der Waals surface area contributed by atoms with Gasteiger partial charge in [0.2, 0.25) is 0 Å². The van der Waals surface area contributed by atoms with Crippen molar-refractivity contribution in [3.8, 4) is 22.6 Å². The second kappa shape index (κ2) is 3.92. The molecule has 0 saturated carbocycles. The molecular weight excluding hydrogens is 207 g/mol. The van der Waals surface area contributed by atoms with Crippen LogP contribution in [-0.4, -0.2) is 10.2 Å². The molecule has 2 nitrogen and oxygen atoms in total. The van der Waals surface area contributed by atoms with Gasteiger partial charge in [0.05, 0.1) is 0 Å². The molecule has 0 aliphatic carbocycles. The number of aromatic hydroxyl groups is 2. The lowest BCUT2D eigenvalue weighted by Gasteiger charge is -2.06. The van der Waals surface area contributed by atoms with E-state index in [0.717, 1.165) is 16.4 Å². The monoisotopic (exact) mass is 218 g/mol. The highest BCUT2D eigenvalue weighted by Gasteiger charge is 2.02. The summed E-state index contributed by atoms with van der Waals surface area (Å²) in [6.07, 6.45) is 0. The SMILES string of the molecule is Oc1ccc(-c2ccc(O)cc2P)cc1. The first-order chi connectivity index (χ1) is 7.16. The Hall–Kier alpha value is -1.53. The predicted octanol–water partition coefficient (Wildman–Crippen LogP) is 2.27. The molecule has 76 valence electrons. The molecule has 1 unspecified atom stereocenters. The van der Waals surface area contributed by atoms with E-state index >= 15 is 0 Å². The van der Waals surface area contributed by atoms with Crippen LogP contribution in [0.4, 0.5) is 0 Å². The van der Waals surface area contributed by atoms with Crippen molar-refractivity contribution in [3.63, 3.8) is 0 Å². The number of rotatable bonds is 1. The third kappa shape index (κ3) is 2.11. The lowest BCUT2D eigenvalue weighted by atomic mass is 10.1. The third-order valence-electron chi connectivity index (χ3n) is 2.21. The minimum absolute atomic E-state index is 0.252. The van der Waals surface area contributed by atoms with E-state index in [1.54, 1.807) is 24.3 Å². The summed E-state index contributed by atoms with van der Waals surface area (Å²) in [5, 5.41) is 19.4. The van der Waals surface area contributed by atoms with Gasteiger partial charge >= 0.3 is 0 Å². The number of hydrogen-bond acceptors (Lipinski definition) is 2. The standard InChI is InChI=1S/C12H11O2P/c13-9-3-1-8(2-4-9)11-6-5-10(14)7-12(11)15/h1-7,13-14H,15H2. The van der Waals surface area contributed by atoms with Crippen molar-refractivity contribution < 1.29 is 10.2 Å². The van der Waals surface area contributed by atoms with Gasteiger partial charge in [-0.1, -0.05) is 18.2 Å². The fraction of sp³-hybridized carbons (Fsp3) is 0. The smallest absolute Gasteiger partial charge is 0.116 e. The molecule has 0 aliphatic rings. The summed E-state index contributed by atoms with van der Waals surface area (Å²) in [6, 6.07) is 12.2. The van der Waals surface area contributed by atoms with E-state index in [4.69, 9.17) is 0 Å². The number of hydrogen-bond donors (Lipinski definition) is 2. The molecule has 15 heavy (non-hydrogen) atoms. The Morgan fingerprint density at radius 1 is 0.800 bits per heavy atom. The average molecular weight is 218 g/mol. The minimum atomic E-state index is 0.252. The van der Waals surface area contributed by atoms with Gasteiger partial charge in [-0.05, 0) is 40.7 Å². The highest BCUT2D eigenvalue weighted by Crippen LogP contribution is 2.23. The van der Waals surface area contributed by atoms with Crippen LogP contribution >= 0.6 is 9.24 Å². The highest BCUT2D eigenvalue weighted by molar-refractivity contribution is 7.28. The molecule has 2 aromatic rings. The minimum Gasteiger partial charge on any atom is -0.508 e. The van der Waals surface area contributed by atoms with Crippen LogP contribution in [0, 0.1) is 0 Å². The second-order valence-corrected chi connectivity index (χ2v) is 3.94. The Morgan fingerprint density at radius 3 is 2.00 bits per heavy atom. The fourth-order valence-corrected chi connectivity index (χ4v) is 1.89. The van der Waals surface area contributed by atoms with Gasteiger partial charge in [-0.2, -0.15) is 0 Å². The summed E-state index contributed by atoms with van der Waals surface area (Å²) in [5.74, 6) is 0.505. The Bertz CT molecular complexity index is 477. The van der Waals surface area contributed by atoms with Crippen molar-refractivity contribution in [3.05, 3.63) is 42.5 Å². The van der Waals surface area contributed by atoms with Crippen molar-refractivity contribution in [2.45, 2.75) is 0 Å². The van der Waals surface area contributed by atoms with Gasteiger partial charge in [-0.25, -0.2) is 0 Å². The van der Waals surface area contributed by atoms with Crippen LogP contribution in [0.3, 0.4) is 0 Å². The lowest BCUT2D eigenvalue weighted by Crippen LogP contribution is -1.95. The Kier molecular flexibility index (Phi) is 2.61. The lowest BCUT2D eigenvalue weighted by molar-refractivity contribution is 0.475. The zero-order chi connectivity index (χ0) is 10.8. The van der Waals surface area contributed by atoms with Gasteiger partial charge < -0.3 is 10.2 Å². The van der Waals surface area contributed by atoms with E-state index in [9.17, 15) is 10.2 Å². The van der Waals surface area contributed by atoms with E-state index in [2.05, 4.69) is 9.24 Å². The number of phenols is 2. The van der Waals surface area contributed by atoms with E-state index in [0.29, 0.717) is 0 Å². The first-order valence-electron chi connectivity index (χ1n) is 4.55. The molecule has 0 aromatic heterocycles. The first kappa shape index (κ1) is 10.0. The zero-order valence-corrected chi connectivity index (χ0v) is 9.17. The second-order valence-electron chi connectivity index (χ2n) is 3.32. The Labute approximate surface area is 90.4 Å². The number of phenolic OH excluding ortho intramolecular Hbond substituents is 2. The predicted molar refractivity (Wildman–Crippen MR) is 64.6 cm³/mol. The fourth-order valence-electron chi connectivity index (χ4n) is 1.45. The largest absolute Gasteiger partial charge is 0.508 e. The molecular formula is C12H11O2P. The van der Waals surface area contributed by atoms with Crippen molar-refractivity contribution in [1.82, 2.24) is 0 Å². The highest BCUT2D eigenvalue weighted by atomic mass is 31.0. The average Bonchev–Trinajstić information content (AvgIpc) is 2.20. The van der Waals surface area contributed by atoms with E-state index in [1.807, 2.05) is 18.2 Å². The van der Waals surface area contributed by atoms with Gasteiger partial charge in [0.1, 0.15) is 11.5 Å². The molecule has 0 aliphatic heterocycles. The van der Waals surface area contributed by atoms with Crippen LogP contribution in [0.2, 0.25) is 0 Å². The van der Waals surface area contributed by atoms with Gasteiger partial charge in [0.15, 0.2) is 0 Å². The van der Waals surface area contributed by atoms with Crippen molar-refractivity contribution >= 4 is 14.5 Å². The molecule has 0 bridgehead atoms. The van der Waals surface area contributed by atoms with Gasteiger partial charge in [0.25, 0.3) is 0 Å². The normalized spacial score (nSPS) is 10.2. The Morgan fingerprint density at radius 2 is 1.40 bits per heavy atom. The van der Waals surface area contributed by atoms with Crippen molar-refractivity contribution in [2.24, 2.45) is 0 Å². The summed E-state index contributed by atoms with van der Waals surface area (Å²) < 4.78 is 0. The van der Waals surface area contributed by atoms with E-state index < -0.39 is 0 Å². The van der Waals surface area contributed by atoms with E-state index in [1.165, 1.54) is 0 Å². The summed E-state index contributed by atoms with van der Waals surface area (Å²) >= 11 is 0. The van der Waals surface area contributed by atoms with Crippen LogP contribution in [0.15, 0.2) is 42.5 Å². The van der Waals surface area contributed by atoms with Gasteiger partial charge in [-0.3, -0.25) is 0 Å². The molecule has 0 spiro atoms. The maximum absolute atomic E-state index is 9.28. The third-order valence-corrected chi connectivity index (χ3v) is 2.69. The maximum atomic E-state index is 9.28. The molecule has 0 heterocycles. The molecule has 1 atom stereocenters. The van der Waals surface area contributed by atoms with Crippen molar-refractivity contribution in [2.75, 3.05) is 0 Å². The molecule has 3 heteroatoms. The van der Waals surface area contributed by atoms with E-state index in [-0.39, 0.29) is 11.5 Å². The zero-order valence-electron chi connectivity index (χ0n) is 8.01.